The van der Waals surface area contributed by atoms with Gasteiger partial charge in [-0.2, -0.15) is 0 Å². The Morgan fingerprint density at radius 2 is 1.80 bits per heavy atom. The van der Waals surface area contributed by atoms with Crippen LogP contribution in [0.25, 0.3) is 0 Å². The highest BCUT2D eigenvalue weighted by molar-refractivity contribution is 5.94. The van der Waals surface area contributed by atoms with Crippen molar-refractivity contribution in [1.29, 1.82) is 5.41 Å². The second kappa shape index (κ2) is 8.67. The van der Waals surface area contributed by atoms with Gasteiger partial charge in [0.05, 0.1) is 0 Å². The second-order valence-electron chi connectivity index (χ2n) is 6.35. The van der Waals surface area contributed by atoms with Crippen molar-refractivity contribution in [1.82, 2.24) is 4.90 Å². The van der Waals surface area contributed by atoms with E-state index in [0.29, 0.717) is 12.3 Å². The number of benzene rings is 2. The van der Waals surface area contributed by atoms with Crippen molar-refractivity contribution in [2.75, 3.05) is 13.1 Å². The first-order chi connectivity index (χ1) is 11.6. The minimum atomic E-state index is 0. The number of aryl methyl sites for hydroxylation is 1. The molecule has 1 heterocycles. The molecule has 3 rings (SSSR count). The molecule has 0 bridgehead atoms. The van der Waals surface area contributed by atoms with Gasteiger partial charge < -0.3 is 10.6 Å². The van der Waals surface area contributed by atoms with Gasteiger partial charge in [-0.05, 0) is 24.0 Å². The summed E-state index contributed by atoms with van der Waals surface area (Å²) in [6, 6.07) is 18.0. The van der Waals surface area contributed by atoms with Gasteiger partial charge in [-0.1, -0.05) is 54.6 Å². The van der Waals surface area contributed by atoms with Crippen LogP contribution in [0.5, 0.6) is 0 Å². The van der Waals surface area contributed by atoms with Crippen molar-refractivity contribution < 1.29 is 4.79 Å². The van der Waals surface area contributed by atoms with Crippen LogP contribution < -0.4 is 5.73 Å². The molecule has 0 saturated carbocycles. The zero-order chi connectivity index (χ0) is 16.9. The van der Waals surface area contributed by atoms with Crippen LogP contribution in [0.1, 0.15) is 35.4 Å². The van der Waals surface area contributed by atoms with E-state index in [1.54, 1.807) is 0 Å². The third-order valence-corrected chi connectivity index (χ3v) is 4.70. The van der Waals surface area contributed by atoms with Gasteiger partial charge in [-0.15, -0.1) is 12.4 Å². The molecule has 1 atom stereocenters. The lowest BCUT2D eigenvalue weighted by molar-refractivity contribution is -0.130. The summed E-state index contributed by atoms with van der Waals surface area (Å²) in [7, 11) is 0. The van der Waals surface area contributed by atoms with Crippen LogP contribution in [0.3, 0.4) is 0 Å². The van der Waals surface area contributed by atoms with E-state index in [1.807, 2.05) is 35.2 Å². The first-order valence-corrected chi connectivity index (χ1v) is 8.39. The van der Waals surface area contributed by atoms with Gasteiger partial charge >= 0.3 is 0 Å². The number of hydrogen-bond donors (Lipinski definition) is 2. The summed E-state index contributed by atoms with van der Waals surface area (Å²) in [4.78, 5) is 14.4. The molecule has 2 aromatic rings. The number of likely N-dealkylation sites (tertiary alicyclic amines) is 1. The topological polar surface area (TPSA) is 70.2 Å². The molecule has 4 nitrogen and oxygen atoms in total. The lowest BCUT2D eigenvalue weighted by atomic mass is 9.99. The Labute approximate surface area is 155 Å². The maximum absolute atomic E-state index is 12.4. The highest BCUT2D eigenvalue weighted by Gasteiger charge is 2.26. The molecule has 25 heavy (non-hydrogen) atoms. The van der Waals surface area contributed by atoms with Crippen LogP contribution in [0.2, 0.25) is 0 Å². The number of rotatable bonds is 5. The zero-order valence-electron chi connectivity index (χ0n) is 14.2. The third-order valence-electron chi connectivity index (χ3n) is 4.70. The summed E-state index contributed by atoms with van der Waals surface area (Å²) in [5.74, 6) is 0.760. The Kier molecular flexibility index (Phi) is 6.59. The van der Waals surface area contributed by atoms with E-state index in [-0.39, 0.29) is 24.1 Å². The molecule has 1 fully saturated rings. The van der Waals surface area contributed by atoms with Crippen LogP contribution in [0.4, 0.5) is 0 Å². The quantitative estimate of drug-likeness (QED) is 0.636. The Morgan fingerprint density at radius 3 is 2.44 bits per heavy atom. The van der Waals surface area contributed by atoms with Crippen molar-refractivity contribution in [3.63, 3.8) is 0 Å². The van der Waals surface area contributed by atoms with E-state index in [1.165, 1.54) is 5.56 Å². The number of nitrogens with zero attached hydrogens (tertiary/aromatic N) is 1. The molecule has 0 radical (unpaired) electrons. The second-order valence-corrected chi connectivity index (χ2v) is 6.35. The molecule has 5 heteroatoms. The molecular weight excluding hydrogens is 334 g/mol. The van der Waals surface area contributed by atoms with E-state index in [4.69, 9.17) is 11.1 Å². The standard InChI is InChI=1S/C20H23N3O.ClH/c21-20(22)17-9-6-15(7-10-17)8-11-19(24)23-13-12-18(14-23)16-4-2-1-3-5-16;/h1-7,9-10,18H,8,11-14H2,(H3,21,22);1H. The van der Waals surface area contributed by atoms with Crippen molar-refractivity contribution >= 4 is 24.1 Å². The zero-order valence-corrected chi connectivity index (χ0v) is 15.0. The maximum Gasteiger partial charge on any atom is 0.222 e. The molecule has 3 N–H and O–H groups in total. The van der Waals surface area contributed by atoms with Crippen LogP contribution in [-0.2, 0) is 11.2 Å². The lowest BCUT2D eigenvalue weighted by Crippen LogP contribution is -2.28. The Hall–Kier alpha value is -2.33. The molecule has 1 saturated heterocycles. The predicted octanol–water partition coefficient (Wildman–Crippen LogP) is 3.34. The Balaban J connectivity index is 0.00000225. The average Bonchev–Trinajstić information content (AvgIpc) is 3.11. The highest BCUT2D eigenvalue weighted by Crippen LogP contribution is 2.27. The normalized spacial score (nSPS) is 16.3. The lowest BCUT2D eigenvalue weighted by Gasteiger charge is -2.17. The summed E-state index contributed by atoms with van der Waals surface area (Å²) in [6.45, 7) is 1.67. The monoisotopic (exact) mass is 357 g/mol. The molecule has 132 valence electrons. The van der Waals surface area contributed by atoms with Gasteiger partial charge in [0.15, 0.2) is 0 Å². The van der Waals surface area contributed by atoms with E-state index in [9.17, 15) is 4.79 Å². The number of halogens is 1. The Bertz CT molecular complexity index is 715. The molecule has 1 unspecified atom stereocenters. The van der Waals surface area contributed by atoms with Crippen LogP contribution in [-0.4, -0.2) is 29.7 Å². The van der Waals surface area contributed by atoms with E-state index in [2.05, 4.69) is 24.3 Å². The largest absolute Gasteiger partial charge is 0.384 e. The fourth-order valence-corrected chi connectivity index (χ4v) is 3.24. The van der Waals surface area contributed by atoms with E-state index >= 15 is 0 Å². The summed E-state index contributed by atoms with van der Waals surface area (Å²) in [5.41, 5.74) is 8.60. The number of amides is 1. The van der Waals surface area contributed by atoms with Crippen LogP contribution >= 0.6 is 12.4 Å². The number of carbonyl (C=O) groups is 1. The minimum absolute atomic E-state index is 0. The fourth-order valence-electron chi connectivity index (χ4n) is 3.24. The Morgan fingerprint density at radius 1 is 1.12 bits per heavy atom. The van der Waals surface area contributed by atoms with Gasteiger partial charge in [0.2, 0.25) is 5.91 Å². The summed E-state index contributed by atoms with van der Waals surface area (Å²) in [5, 5.41) is 7.40. The highest BCUT2D eigenvalue weighted by atomic mass is 35.5. The van der Waals surface area contributed by atoms with Crippen molar-refractivity contribution in [2.24, 2.45) is 5.73 Å². The molecule has 0 aliphatic carbocycles. The van der Waals surface area contributed by atoms with E-state index < -0.39 is 0 Å². The van der Waals surface area contributed by atoms with E-state index in [0.717, 1.165) is 37.1 Å². The number of nitrogen functional groups attached to an aromatic ring is 1. The molecule has 1 amide bonds. The van der Waals surface area contributed by atoms with Gasteiger partial charge in [-0.3, -0.25) is 10.2 Å². The van der Waals surface area contributed by atoms with Gasteiger partial charge in [0.1, 0.15) is 5.84 Å². The molecule has 1 aliphatic heterocycles. The fraction of sp³-hybridized carbons (Fsp3) is 0.300. The number of nitrogens with one attached hydrogen (secondary N) is 1. The number of carbonyl (C=O) groups excluding carboxylic acids is 1. The van der Waals surface area contributed by atoms with Crippen molar-refractivity contribution in [3.8, 4) is 0 Å². The summed E-state index contributed by atoms with van der Waals surface area (Å²) >= 11 is 0. The smallest absolute Gasteiger partial charge is 0.222 e. The van der Waals surface area contributed by atoms with Gasteiger partial charge in [0, 0.05) is 31.0 Å². The summed E-state index contributed by atoms with van der Waals surface area (Å²) < 4.78 is 0. The average molecular weight is 358 g/mol. The number of amidine groups is 1. The predicted molar refractivity (Wildman–Crippen MR) is 103 cm³/mol. The van der Waals surface area contributed by atoms with Crippen molar-refractivity contribution in [3.05, 3.63) is 71.3 Å². The SMILES string of the molecule is Cl.N=C(N)c1ccc(CCC(=O)N2CCC(c3ccccc3)C2)cc1. The van der Waals surface area contributed by atoms with Crippen LogP contribution in [0, 0.1) is 5.41 Å². The molecule has 0 spiro atoms. The van der Waals surface area contributed by atoms with Gasteiger partial charge in [-0.25, -0.2) is 0 Å². The first kappa shape index (κ1) is 19.0. The molecule has 0 aromatic heterocycles. The third kappa shape index (κ3) is 4.83. The molecule has 1 aliphatic rings. The minimum Gasteiger partial charge on any atom is -0.384 e. The number of hydrogen-bond acceptors (Lipinski definition) is 2. The molecular formula is C20H24ClN3O. The molecule has 2 aromatic carbocycles. The van der Waals surface area contributed by atoms with Gasteiger partial charge in [0.25, 0.3) is 0 Å². The van der Waals surface area contributed by atoms with Crippen LogP contribution in [0.15, 0.2) is 54.6 Å². The maximum atomic E-state index is 12.4. The first-order valence-electron chi connectivity index (χ1n) is 8.39. The number of nitrogens with two attached hydrogens (primary N) is 1. The van der Waals surface area contributed by atoms with Crippen molar-refractivity contribution in [2.45, 2.75) is 25.2 Å². The summed E-state index contributed by atoms with van der Waals surface area (Å²) in [6.07, 6.45) is 2.30.